The SMILES string of the molecule is CCNC(=NCc1scnc1C)NC(C)c1ccc(OCC)c(OCC)c1.I. The highest BCUT2D eigenvalue weighted by Gasteiger charge is 2.12. The zero-order chi connectivity index (χ0) is 19.6. The lowest BCUT2D eigenvalue weighted by Crippen LogP contribution is -2.38. The van der Waals surface area contributed by atoms with E-state index in [0.29, 0.717) is 19.8 Å². The summed E-state index contributed by atoms with van der Waals surface area (Å²) in [6, 6.07) is 6.12. The van der Waals surface area contributed by atoms with E-state index in [2.05, 4.69) is 35.5 Å². The molecule has 0 fully saturated rings. The Bertz CT molecular complexity index is 752. The molecule has 28 heavy (non-hydrogen) atoms. The molecule has 0 saturated carbocycles. The Morgan fingerprint density at radius 2 is 1.89 bits per heavy atom. The number of guanidine groups is 1. The third kappa shape index (κ3) is 7.12. The van der Waals surface area contributed by atoms with Gasteiger partial charge >= 0.3 is 0 Å². The molecule has 6 nitrogen and oxygen atoms in total. The van der Waals surface area contributed by atoms with Crippen LogP contribution in [0.25, 0.3) is 0 Å². The summed E-state index contributed by atoms with van der Waals surface area (Å²) in [5, 5.41) is 6.77. The molecule has 2 rings (SSSR count). The molecule has 1 aromatic heterocycles. The number of nitrogens with zero attached hydrogens (tertiary/aromatic N) is 2. The molecule has 0 aliphatic carbocycles. The smallest absolute Gasteiger partial charge is 0.192 e. The maximum atomic E-state index is 5.74. The number of ether oxygens (including phenoxy) is 2. The molecule has 1 unspecified atom stereocenters. The third-order valence-electron chi connectivity index (χ3n) is 3.99. The number of hydrogen-bond acceptors (Lipinski definition) is 5. The van der Waals surface area contributed by atoms with E-state index in [1.807, 2.05) is 38.4 Å². The largest absolute Gasteiger partial charge is 0.490 e. The highest BCUT2D eigenvalue weighted by molar-refractivity contribution is 14.0. The number of aryl methyl sites for hydroxylation is 1. The van der Waals surface area contributed by atoms with Gasteiger partial charge in [-0.05, 0) is 52.3 Å². The zero-order valence-corrected chi connectivity index (χ0v) is 20.4. The van der Waals surface area contributed by atoms with Gasteiger partial charge in [0.15, 0.2) is 17.5 Å². The lowest BCUT2D eigenvalue weighted by molar-refractivity contribution is 0.287. The summed E-state index contributed by atoms with van der Waals surface area (Å²) in [5.74, 6) is 2.33. The van der Waals surface area contributed by atoms with Gasteiger partial charge in [-0.25, -0.2) is 9.98 Å². The quantitative estimate of drug-likeness (QED) is 0.287. The Kier molecular flexibility index (Phi) is 11.2. The average molecular weight is 518 g/mol. The van der Waals surface area contributed by atoms with E-state index >= 15 is 0 Å². The van der Waals surface area contributed by atoms with Gasteiger partial charge < -0.3 is 20.1 Å². The van der Waals surface area contributed by atoms with E-state index in [-0.39, 0.29) is 30.0 Å². The maximum Gasteiger partial charge on any atom is 0.192 e. The Hall–Kier alpha value is -1.55. The van der Waals surface area contributed by atoms with Gasteiger partial charge in [-0.15, -0.1) is 35.3 Å². The fourth-order valence-corrected chi connectivity index (χ4v) is 3.27. The lowest BCUT2D eigenvalue weighted by Gasteiger charge is -2.20. The summed E-state index contributed by atoms with van der Waals surface area (Å²) in [5.41, 5.74) is 4.01. The number of rotatable bonds is 9. The molecule has 1 heterocycles. The van der Waals surface area contributed by atoms with Crippen LogP contribution in [0.3, 0.4) is 0 Å². The van der Waals surface area contributed by atoms with Crippen molar-refractivity contribution in [3.8, 4) is 11.5 Å². The Morgan fingerprint density at radius 1 is 1.18 bits per heavy atom. The van der Waals surface area contributed by atoms with Gasteiger partial charge in [0.25, 0.3) is 0 Å². The molecule has 8 heteroatoms. The Labute approximate surface area is 189 Å². The fraction of sp³-hybridized carbons (Fsp3) is 0.500. The van der Waals surface area contributed by atoms with Gasteiger partial charge in [0.05, 0.1) is 37.0 Å². The summed E-state index contributed by atoms with van der Waals surface area (Å²) in [4.78, 5) is 10.2. The minimum atomic E-state index is 0. The summed E-state index contributed by atoms with van der Waals surface area (Å²) in [7, 11) is 0. The zero-order valence-electron chi connectivity index (χ0n) is 17.2. The van der Waals surface area contributed by atoms with Gasteiger partial charge in [0.2, 0.25) is 0 Å². The topological polar surface area (TPSA) is 67.8 Å². The van der Waals surface area contributed by atoms with E-state index in [0.717, 1.165) is 35.3 Å². The molecule has 0 spiro atoms. The van der Waals surface area contributed by atoms with Crippen LogP contribution in [0.4, 0.5) is 0 Å². The minimum absolute atomic E-state index is 0. The van der Waals surface area contributed by atoms with Crippen LogP contribution >= 0.6 is 35.3 Å². The molecular weight excluding hydrogens is 487 g/mol. The predicted octanol–water partition coefficient (Wildman–Crippen LogP) is 4.68. The summed E-state index contributed by atoms with van der Waals surface area (Å²) in [6.45, 7) is 12.8. The van der Waals surface area contributed by atoms with Gasteiger partial charge in [-0.2, -0.15) is 0 Å². The van der Waals surface area contributed by atoms with Crippen molar-refractivity contribution in [2.75, 3.05) is 19.8 Å². The van der Waals surface area contributed by atoms with Crippen molar-refractivity contribution in [1.82, 2.24) is 15.6 Å². The fourth-order valence-electron chi connectivity index (χ4n) is 2.57. The highest BCUT2D eigenvalue weighted by Crippen LogP contribution is 2.30. The van der Waals surface area contributed by atoms with Crippen molar-refractivity contribution >= 4 is 41.3 Å². The molecule has 156 valence electrons. The summed E-state index contributed by atoms with van der Waals surface area (Å²) >= 11 is 1.63. The summed E-state index contributed by atoms with van der Waals surface area (Å²) in [6.07, 6.45) is 0. The van der Waals surface area contributed by atoms with Crippen LogP contribution in [0, 0.1) is 6.92 Å². The van der Waals surface area contributed by atoms with E-state index in [1.54, 1.807) is 11.3 Å². The first-order chi connectivity index (χ1) is 13.1. The van der Waals surface area contributed by atoms with Crippen LogP contribution in [0.1, 0.15) is 49.9 Å². The van der Waals surface area contributed by atoms with E-state index in [9.17, 15) is 0 Å². The van der Waals surface area contributed by atoms with Crippen LogP contribution < -0.4 is 20.1 Å². The number of hydrogen-bond donors (Lipinski definition) is 2. The van der Waals surface area contributed by atoms with Crippen molar-refractivity contribution in [3.05, 3.63) is 39.8 Å². The number of aliphatic imine (C=N–C) groups is 1. The average Bonchev–Trinajstić information content (AvgIpc) is 3.06. The van der Waals surface area contributed by atoms with Gasteiger partial charge in [-0.1, -0.05) is 6.07 Å². The number of nitrogens with one attached hydrogen (secondary N) is 2. The Morgan fingerprint density at radius 3 is 2.50 bits per heavy atom. The summed E-state index contributed by atoms with van der Waals surface area (Å²) < 4.78 is 11.4. The maximum absolute atomic E-state index is 5.74. The predicted molar refractivity (Wildman–Crippen MR) is 127 cm³/mol. The number of benzene rings is 1. The van der Waals surface area contributed by atoms with Crippen LogP contribution in [0.5, 0.6) is 11.5 Å². The van der Waals surface area contributed by atoms with Crippen LogP contribution in [-0.2, 0) is 6.54 Å². The Balaban J connectivity index is 0.00000392. The van der Waals surface area contributed by atoms with E-state index in [4.69, 9.17) is 14.5 Å². The second-order valence-electron chi connectivity index (χ2n) is 5.99. The van der Waals surface area contributed by atoms with Gasteiger partial charge in [0, 0.05) is 11.4 Å². The van der Waals surface area contributed by atoms with Crippen molar-refractivity contribution < 1.29 is 9.47 Å². The van der Waals surface area contributed by atoms with Crippen molar-refractivity contribution in [2.24, 2.45) is 4.99 Å². The molecule has 2 N–H and O–H groups in total. The molecule has 0 saturated heterocycles. The molecule has 0 aliphatic heterocycles. The number of aromatic nitrogens is 1. The minimum Gasteiger partial charge on any atom is -0.490 e. The second kappa shape index (κ2) is 12.8. The molecule has 0 radical (unpaired) electrons. The molecule has 0 aliphatic rings. The number of halogens is 1. The molecular formula is C20H31IN4O2S. The first kappa shape index (κ1) is 24.5. The van der Waals surface area contributed by atoms with Crippen LogP contribution in [0.2, 0.25) is 0 Å². The van der Waals surface area contributed by atoms with E-state index in [1.165, 1.54) is 4.88 Å². The van der Waals surface area contributed by atoms with Gasteiger partial charge in [-0.3, -0.25) is 0 Å². The van der Waals surface area contributed by atoms with E-state index < -0.39 is 0 Å². The molecule has 1 aromatic carbocycles. The lowest BCUT2D eigenvalue weighted by atomic mass is 10.1. The molecule has 0 amide bonds. The highest BCUT2D eigenvalue weighted by atomic mass is 127. The van der Waals surface area contributed by atoms with Crippen molar-refractivity contribution in [3.63, 3.8) is 0 Å². The normalized spacial score (nSPS) is 12.1. The van der Waals surface area contributed by atoms with Crippen LogP contribution in [-0.4, -0.2) is 30.7 Å². The standard InChI is InChI=1S/C20H30N4O2S.HI/c1-6-21-20(22-12-19-15(5)23-13-27-19)24-14(4)16-9-10-17(25-7-2)18(11-16)26-8-3;/h9-11,13-14H,6-8,12H2,1-5H3,(H2,21,22,24);1H. The van der Waals surface area contributed by atoms with Crippen molar-refractivity contribution in [2.45, 2.75) is 47.2 Å². The monoisotopic (exact) mass is 518 g/mol. The first-order valence-electron chi connectivity index (χ1n) is 9.42. The second-order valence-corrected chi connectivity index (χ2v) is 6.93. The molecule has 2 aromatic rings. The number of thiazole rings is 1. The molecule has 1 atom stereocenters. The van der Waals surface area contributed by atoms with Crippen LogP contribution in [0.15, 0.2) is 28.7 Å². The third-order valence-corrected chi connectivity index (χ3v) is 4.91. The van der Waals surface area contributed by atoms with Crippen molar-refractivity contribution in [1.29, 1.82) is 0 Å². The van der Waals surface area contributed by atoms with Gasteiger partial charge in [0.1, 0.15) is 0 Å². The first-order valence-corrected chi connectivity index (χ1v) is 10.3. The molecule has 0 bridgehead atoms.